The minimum atomic E-state index is 0.0748. The molecule has 26 heavy (non-hydrogen) atoms. The molecule has 0 spiro atoms. The number of amides is 1. The molecule has 2 aromatic rings. The summed E-state index contributed by atoms with van der Waals surface area (Å²) in [6.45, 7) is 7.55. The highest BCUT2D eigenvalue weighted by atomic mass is 16.5. The van der Waals surface area contributed by atoms with Crippen LogP contribution in [0.1, 0.15) is 48.2 Å². The van der Waals surface area contributed by atoms with E-state index in [1.165, 1.54) is 12.0 Å². The van der Waals surface area contributed by atoms with Crippen LogP contribution in [-0.2, 0) is 5.41 Å². The van der Waals surface area contributed by atoms with Gasteiger partial charge in [-0.2, -0.15) is 0 Å². The van der Waals surface area contributed by atoms with Gasteiger partial charge in [0, 0.05) is 30.3 Å². The van der Waals surface area contributed by atoms with Crippen LogP contribution in [0.4, 0.5) is 0 Å². The van der Waals surface area contributed by atoms with Crippen LogP contribution in [0, 0.1) is 12.8 Å². The van der Waals surface area contributed by atoms with Crippen LogP contribution in [0.15, 0.2) is 42.6 Å². The number of hydrogen-bond donors (Lipinski definition) is 0. The maximum Gasteiger partial charge on any atom is 0.255 e. The molecule has 1 aromatic heterocycles. The van der Waals surface area contributed by atoms with Crippen molar-refractivity contribution in [2.24, 2.45) is 5.92 Å². The number of rotatable bonds is 4. The molecule has 2 atom stereocenters. The normalized spacial score (nSPS) is 24.3. The highest BCUT2D eigenvalue weighted by Gasteiger charge is 2.57. The Hall–Kier alpha value is -2.36. The first-order valence-corrected chi connectivity index (χ1v) is 9.48. The zero-order valence-corrected chi connectivity index (χ0v) is 15.7. The van der Waals surface area contributed by atoms with Gasteiger partial charge in [-0.15, -0.1) is 0 Å². The first-order chi connectivity index (χ1) is 12.5. The summed E-state index contributed by atoms with van der Waals surface area (Å²) in [5.41, 5.74) is 3.31. The molecule has 4 nitrogen and oxygen atoms in total. The SMILES string of the molecule is Cc1cc(C(=O)N2CCC3(c4ccccc4)CC3C2)cnc1OC(C)C. The first-order valence-electron chi connectivity index (χ1n) is 9.48. The first kappa shape index (κ1) is 17.1. The van der Waals surface area contributed by atoms with E-state index in [1.54, 1.807) is 6.20 Å². The molecule has 2 heterocycles. The smallest absolute Gasteiger partial charge is 0.255 e. The standard InChI is InChI=1S/C22H26N2O2/c1-15(2)26-20-16(3)11-17(13-23-20)21(25)24-10-9-22(12-19(22)14-24)18-7-5-4-6-8-18/h4-8,11,13,15,19H,9-10,12,14H2,1-3H3. The van der Waals surface area contributed by atoms with E-state index in [1.807, 2.05) is 31.7 Å². The third-order valence-electron chi connectivity index (χ3n) is 5.76. The number of carbonyl (C=O) groups excluding carboxylic acids is 1. The summed E-state index contributed by atoms with van der Waals surface area (Å²) >= 11 is 0. The van der Waals surface area contributed by atoms with E-state index in [0.717, 1.165) is 25.1 Å². The lowest BCUT2D eigenvalue weighted by molar-refractivity contribution is 0.0706. The molecule has 1 saturated carbocycles. The predicted molar refractivity (Wildman–Crippen MR) is 101 cm³/mol. The van der Waals surface area contributed by atoms with Crippen molar-refractivity contribution in [3.8, 4) is 5.88 Å². The maximum atomic E-state index is 12.9. The Bertz CT molecular complexity index is 818. The molecular formula is C22H26N2O2. The van der Waals surface area contributed by atoms with Crippen molar-refractivity contribution in [2.75, 3.05) is 13.1 Å². The van der Waals surface area contributed by atoms with Crippen molar-refractivity contribution in [1.29, 1.82) is 0 Å². The summed E-state index contributed by atoms with van der Waals surface area (Å²) in [5.74, 6) is 1.28. The number of benzene rings is 1. The van der Waals surface area contributed by atoms with Crippen LogP contribution < -0.4 is 4.74 Å². The topological polar surface area (TPSA) is 42.4 Å². The minimum absolute atomic E-state index is 0.0748. The van der Waals surface area contributed by atoms with Gasteiger partial charge in [-0.05, 0) is 51.2 Å². The molecule has 2 fully saturated rings. The van der Waals surface area contributed by atoms with Gasteiger partial charge in [0.25, 0.3) is 5.91 Å². The van der Waals surface area contributed by atoms with Gasteiger partial charge in [0.2, 0.25) is 5.88 Å². The van der Waals surface area contributed by atoms with Crippen molar-refractivity contribution in [3.63, 3.8) is 0 Å². The molecule has 2 unspecified atom stereocenters. The van der Waals surface area contributed by atoms with Crippen LogP contribution in [0.3, 0.4) is 0 Å². The lowest BCUT2D eigenvalue weighted by atomic mass is 9.87. The number of aryl methyl sites for hydroxylation is 1. The largest absolute Gasteiger partial charge is 0.475 e. The summed E-state index contributed by atoms with van der Waals surface area (Å²) < 4.78 is 5.68. The van der Waals surface area contributed by atoms with Gasteiger partial charge in [-0.25, -0.2) is 4.98 Å². The Morgan fingerprint density at radius 1 is 1.31 bits per heavy atom. The lowest BCUT2D eigenvalue weighted by Crippen LogP contribution is -2.40. The van der Waals surface area contributed by atoms with Crippen molar-refractivity contribution >= 4 is 5.91 Å². The van der Waals surface area contributed by atoms with Crippen molar-refractivity contribution in [2.45, 2.75) is 45.1 Å². The summed E-state index contributed by atoms with van der Waals surface area (Å²) in [5, 5.41) is 0. The van der Waals surface area contributed by atoms with Crippen LogP contribution in [0.2, 0.25) is 0 Å². The fourth-order valence-corrected chi connectivity index (χ4v) is 4.28. The zero-order valence-electron chi connectivity index (χ0n) is 15.7. The van der Waals surface area contributed by atoms with E-state index in [9.17, 15) is 4.79 Å². The second-order valence-corrected chi connectivity index (χ2v) is 7.94. The van der Waals surface area contributed by atoms with E-state index in [-0.39, 0.29) is 12.0 Å². The number of fused-ring (bicyclic) bond motifs is 1. The van der Waals surface area contributed by atoms with Gasteiger partial charge < -0.3 is 9.64 Å². The third kappa shape index (κ3) is 2.98. The van der Waals surface area contributed by atoms with Crippen LogP contribution >= 0.6 is 0 Å². The Balaban J connectivity index is 1.45. The second kappa shape index (κ2) is 6.42. The van der Waals surface area contributed by atoms with Gasteiger partial charge in [-0.3, -0.25) is 4.79 Å². The van der Waals surface area contributed by atoms with Crippen LogP contribution in [0.25, 0.3) is 0 Å². The highest BCUT2D eigenvalue weighted by molar-refractivity contribution is 5.94. The second-order valence-electron chi connectivity index (χ2n) is 7.94. The Morgan fingerprint density at radius 2 is 2.08 bits per heavy atom. The number of carbonyl (C=O) groups is 1. The zero-order chi connectivity index (χ0) is 18.3. The molecule has 1 aliphatic carbocycles. The molecule has 0 bridgehead atoms. The van der Waals surface area contributed by atoms with Gasteiger partial charge in [0.05, 0.1) is 11.7 Å². The molecule has 4 heteroatoms. The Labute approximate surface area is 155 Å². The number of aromatic nitrogens is 1. The number of pyridine rings is 1. The predicted octanol–water partition coefficient (Wildman–Crippen LogP) is 3.98. The van der Waals surface area contributed by atoms with Gasteiger partial charge in [0.15, 0.2) is 0 Å². The molecule has 1 aromatic carbocycles. The quantitative estimate of drug-likeness (QED) is 0.837. The van der Waals surface area contributed by atoms with Crippen molar-refractivity contribution < 1.29 is 9.53 Å². The summed E-state index contributed by atoms with van der Waals surface area (Å²) in [4.78, 5) is 19.3. The minimum Gasteiger partial charge on any atom is -0.475 e. The number of nitrogens with zero attached hydrogens (tertiary/aromatic N) is 2. The monoisotopic (exact) mass is 350 g/mol. The number of ether oxygens (including phenoxy) is 1. The molecule has 1 amide bonds. The van der Waals surface area contributed by atoms with Gasteiger partial charge >= 0.3 is 0 Å². The molecule has 2 aliphatic rings. The van der Waals surface area contributed by atoms with E-state index in [0.29, 0.717) is 22.8 Å². The Morgan fingerprint density at radius 3 is 2.73 bits per heavy atom. The van der Waals surface area contributed by atoms with Gasteiger partial charge in [0.1, 0.15) is 0 Å². The summed E-state index contributed by atoms with van der Waals surface area (Å²) in [7, 11) is 0. The molecule has 1 saturated heterocycles. The van der Waals surface area contributed by atoms with Crippen molar-refractivity contribution in [1.82, 2.24) is 9.88 Å². The molecule has 0 radical (unpaired) electrons. The van der Waals surface area contributed by atoms with E-state index in [2.05, 4.69) is 35.3 Å². The number of hydrogen-bond acceptors (Lipinski definition) is 3. The highest BCUT2D eigenvalue weighted by Crippen LogP contribution is 2.59. The summed E-state index contributed by atoms with van der Waals surface area (Å²) in [6.07, 6.45) is 3.97. The maximum absolute atomic E-state index is 12.9. The van der Waals surface area contributed by atoms with Crippen LogP contribution in [-0.4, -0.2) is 35.0 Å². The summed E-state index contributed by atoms with van der Waals surface area (Å²) in [6, 6.07) is 12.7. The molecule has 4 rings (SSSR count). The molecule has 136 valence electrons. The third-order valence-corrected chi connectivity index (χ3v) is 5.76. The fraction of sp³-hybridized carbons (Fsp3) is 0.455. The van der Waals surface area contributed by atoms with E-state index in [4.69, 9.17) is 4.74 Å². The average Bonchev–Trinajstić information content (AvgIpc) is 3.38. The molecule has 1 aliphatic heterocycles. The average molecular weight is 350 g/mol. The Kier molecular flexibility index (Phi) is 4.22. The lowest BCUT2D eigenvalue weighted by Gasteiger charge is -2.32. The van der Waals surface area contributed by atoms with Crippen molar-refractivity contribution in [3.05, 3.63) is 59.3 Å². The fourth-order valence-electron chi connectivity index (χ4n) is 4.28. The number of piperidine rings is 1. The van der Waals surface area contributed by atoms with E-state index >= 15 is 0 Å². The molecule has 0 N–H and O–H groups in total. The van der Waals surface area contributed by atoms with E-state index < -0.39 is 0 Å². The molecular weight excluding hydrogens is 324 g/mol. The number of likely N-dealkylation sites (tertiary alicyclic amines) is 1. The van der Waals surface area contributed by atoms with Crippen LogP contribution in [0.5, 0.6) is 5.88 Å². The van der Waals surface area contributed by atoms with Gasteiger partial charge in [-0.1, -0.05) is 30.3 Å².